The fourth-order valence-corrected chi connectivity index (χ4v) is 4.08. The first-order chi connectivity index (χ1) is 13.0. The van der Waals surface area contributed by atoms with Crippen molar-refractivity contribution in [3.8, 4) is 0 Å². The third-order valence-corrected chi connectivity index (χ3v) is 6.00. The van der Waals surface area contributed by atoms with Crippen molar-refractivity contribution < 1.29 is 9.18 Å². The SMILES string of the molecule is CC[C@@H](C)NC(=O)CSc1nc2ccsc2c(=O)n1Cc1ccc(F)cc1. The van der Waals surface area contributed by atoms with Gasteiger partial charge < -0.3 is 5.32 Å². The quantitative estimate of drug-likeness (QED) is 0.481. The smallest absolute Gasteiger partial charge is 0.272 e. The summed E-state index contributed by atoms with van der Waals surface area (Å²) in [5.74, 6) is -0.243. The lowest BCUT2D eigenvalue weighted by atomic mass is 10.2. The first-order valence-electron chi connectivity index (χ1n) is 8.62. The van der Waals surface area contributed by atoms with Crippen LogP contribution in [0.3, 0.4) is 0 Å². The van der Waals surface area contributed by atoms with Crippen LogP contribution in [0.2, 0.25) is 0 Å². The maximum Gasteiger partial charge on any atom is 0.272 e. The van der Waals surface area contributed by atoms with Crippen LogP contribution in [0.1, 0.15) is 25.8 Å². The Morgan fingerprint density at radius 3 is 2.78 bits per heavy atom. The van der Waals surface area contributed by atoms with E-state index in [-0.39, 0.29) is 35.6 Å². The van der Waals surface area contributed by atoms with Gasteiger partial charge in [-0.1, -0.05) is 30.8 Å². The van der Waals surface area contributed by atoms with Crippen molar-refractivity contribution in [3.63, 3.8) is 0 Å². The number of rotatable bonds is 7. The second-order valence-electron chi connectivity index (χ2n) is 6.21. The van der Waals surface area contributed by atoms with Gasteiger partial charge in [0.25, 0.3) is 5.56 Å². The predicted octanol–water partition coefficient (Wildman–Crippen LogP) is 3.65. The summed E-state index contributed by atoms with van der Waals surface area (Å²) in [7, 11) is 0. The Balaban J connectivity index is 1.89. The molecule has 0 aliphatic rings. The van der Waals surface area contributed by atoms with Gasteiger partial charge in [-0.3, -0.25) is 14.2 Å². The topological polar surface area (TPSA) is 64.0 Å². The van der Waals surface area contributed by atoms with Gasteiger partial charge in [-0.15, -0.1) is 11.3 Å². The molecule has 0 fully saturated rings. The van der Waals surface area contributed by atoms with E-state index in [0.29, 0.717) is 15.4 Å². The number of hydrogen-bond acceptors (Lipinski definition) is 5. The number of thioether (sulfide) groups is 1. The first-order valence-corrected chi connectivity index (χ1v) is 10.5. The normalized spacial score (nSPS) is 12.3. The summed E-state index contributed by atoms with van der Waals surface area (Å²) in [4.78, 5) is 29.6. The van der Waals surface area contributed by atoms with Crippen molar-refractivity contribution in [1.82, 2.24) is 14.9 Å². The predicted molar refractivity (Wildman–Crippen MR) is 108 cm³/mol. The lowest BCUT2D eigenvalue weighted by molar-refractivity contribution is -0.119. The highest BCUT2D eigenvalue weighted by Crippen LogP contribution is 2.21. The van der Waals surface area contributed by atoms with E-state index in [1.54, 1.807) is 22.8 Å². The van der Waals surface area contributed by atoms with Crippen molar-refractivity contribution in [1.29, 1.82) is 0 Å². The zero-order valence-electron chi connectivity index (χ0n) is 15.1. The second-order valence-corrected chi connectivity index (χ2v) is 8.07. The molecule has 142 valence electrons. The molecule has 0 spiro atoms. The Labute approximate surface area is 164 Å². The third kappa shape index (κ3) is 4.75. The molecular formula is C19H20FN3O2S2. The van der Waals surface area contributed by atoms with Gasteiger partial charge in [-0.25, -0.2) is 9.37 Å². The molecule has 3 rings (SSSR count). The third-order valence-electron chi connectivity index (χ3n) is 4.14. The van der Waals surface area contributed by atoms with Crippen LogP contribution in [-0.2, 0) is 11.3 Å². The largest absolute Gasteiger partial charge is 0.353 e. The van der Waals surface area contributed by atoms with Crippen LogP contribution >= 0.6 is 23.1 Å². The number of benzene rings is 1. The van der Waals surface area contributed by atoms with Gasteiger partial charge in [0, 0.05) is 6.04 Å². The lowest BCUT2D eigenvalue weighted by Gasteiger charge is -2.14. The second kappa shape index (κ2) is 8.67. The zero-order chi connectivity index (χ0) is 19.4. The number of nitrogens with one attached hydrogen (secondary N) is 1. The van der Waals surface area contributed by atoms with Crippen LogP contribution in [0.4, 0.5) is 4.39 Å². The molecule has 5 nitrogen and oxygen atoms in total. The minimum atomic E-state index is -0.325. The molecule has 0 saturated heterocycles. The lowest BCUT2D eigenvalue weighted by Crippen LogP contribution is -2.33. The number of thiophene rings is 1. The van der Waals surface area contributed by atoms with Crippen molar-refractivity contribution in [2.45, 2.75) is 38.0 Å². The number of carbonyl (C=O) groups excluding carboxylic acids is 1. The van der Waals surface area contributed by atoms with Gasteiger partial charge in [0.15, 0.2) is 5.16 Å². The molecule has 1 amide bonds. The van der Waals surface area contributed by atoms with Crippen LogP contribution in [0, 0.1) is 5.82 Å². The highest BCUT2D eigenvalue weighted by Gasteiger charge is 2.15. The minimum absolute atomic E-state index is 0.0950. The van der Waals surface area contributed by atoms with Crippen LogP contribution in [0.5, 0.6) is 0 Å². The molecular weight excluding hydrogens is 385 g/mol. The minimum Gasteiger partial charge on any atom is -0.353 e. The van der Waals surface area contributed by atoms with Crippen molar-refractivity contribution in [3.05, 3.63) is 57.4 Å². The molecule has 2 aromatic heterocycles. The number of carbonyl (C=O) groups is 1. The molecule has 0 radical (unpaired) electrons. The molecule has 0 saturated carbocycles. The zero-order valence-corrected chi connectivity index (χ0v) is 16.7. The highest BCUT2D eigenvalue weighted by molar-refractivity contribution is 7.99. The number of aromatic nitrogens is 2. The molecule has 1 aromatic carbocycles. The number of halogens is 1. The summed E-state index contributed by atoms with van der Waals surface area (Å²) in [5, 5.41) is 5.21. The average molecular weight is 406 g/mol. The monoisotopic (exact) mass is 405 g/mol. The van der Waals surface area contributed by atoms with Crippen molar-refractivity contribution >= 4 is 39.2 Å². The molecule has 1 atom stereocenters. The summed E-state index contributed by atoms with van der Waals surface area (Å²) >= 11 is 2.57. The van der Waals surface area contributed by atoms with E-state index >= 15 is 0 Å². The van der Waals surface area contributed by atoms with Gasteiger partial charge in [0.1, 0.15) is 10.5 Å². The molecule has 0 bridgehead atoms. The molecule has 0 aliphatic heterocycles. The summed E-state index contributed by atoms with van der Waals surface area (Å²) in [6.45, 7) is 4.22. The van der Waals surface area contributed by atoms with Gasteiger partial charge >= 0.3 is 0 Å². The van der Waals surface area contributed by atoms with Crippen LogP contribution < -0.4 is 10.9 Å². The molecule has 27 heavy (non-hydrogen) atoms. The molecule has 8 heteroatoms. The van der Waals surface area contributed by atoms with E-state index < -0.39 is 0 Å². The molecule has 1 N–H and O–H groups in total. The Morgan fingerprint density at radius 1 is 1.33 bits per heavy atom. The van der Waals surface area contributed by atoms with E-state index in [1.807, 2.05) is 19.2 Å². The van der Waals surface area contributed by atoms with Crippen LogP contribution in [0.15, 0.2) is 45.7 Å². The number of nitrogens with zero attached hydrogens (tertiary/aromatic N) is 2. The molecule has 2 heterocycles. The highest BCUT2D eigenvalue weighted by atomic mass is 32.2. The summed E-state index contributed by atoms with van der Waals surface area (Å²) in [6.07, 6.45) is 0.852. The molecule has 0 unspecified atom stereocenters. The van der Waals surface area contributed by atoms with Crippen LogP contribution in [0.25, 0.3) is 10.2 Å². The fourth-order valence-electron chi connectivity index (χ4n) is 2.49. The maximum absolute atomic E-state index is 13.2. The maximum atomic E-state index is 13.2. The molecule has 3 aromatic rings. The standard InChI is InChI=1S/C19H20FN3O2S2/c1-3-12(2)21-16(24)11-27-19-22-15-8-9-26-17(15)18(25)23(19)10-13-4-6-14(20)7-5-13/h4-9,12H,3,10-11H2,1-2H3,(H,21,24)/t12-/m1/s1. The molecule has 0 aliphatic carbocycles. The van der Waals surface area contributed by atoms with E-state index in [2.05, 4.69) is 10.3 Å². The Morgan fingerprint density at radius 2 is 2.07 bits per heavy atom. The number of hydrogen-bond donors (Lipinski definition) is 1. The van der Waals surface area contributed by atoms with E-state index in [1.165, 1.54) is 35.2 Å². The number of amides is 1. The van der Waals surface area contributed by atoms with Gasteiger partial charge in [-0.2, -0.15) is 0 Å². The Hall–Kier alpha value is -2.19. The summed E-state index contributed by atoms with van der Waals surface area (Å²) < 4.78 is 15.3. The Kier molecular flexibility index (Phi) is 6.28. The summed E-state index contributed by atoms with van der Waals surface area (Å²) in [6, 6.07) is 7.92. The average Bonchev–Trinajstić information content (AvgIpc) is 3.13. The summed E-state index contributed by atoms with van der Waals surface area (Å²) in [5.41, 5.74) is 1.27. The fraction of sp³-hybridized carbons (Fsp3) is 0.316. The van der Waals surface area contributed by atoms with Gasteiger partial charge in [0.05, 0.1) is 17.8 Å². The Bertz CT molecular complexity index is 998. The van der Waals surface area contributed by atoms with E-state index in [9.17, 15) is 14.0 Å². The van der Waals surface area contributed by atoms with E-state index in [4.69, 9.17) is 0 Å². The van der Waals surface area contributed by atoms with Gasteiger partial charge in [-0.05, 0) is 42.5 Å². The van der Waals surface area contributed by atoms with Crippen molar-refractivity contribution in [2.75, 3.05) is 5.75 Å². The van der Waals surface area contributed by atoms with Crippen LogP contribution in [-0.4, -0.2) is 27.3 Å². The first kappa shape index (κ1) is 19.6. The van der Waals surface area contributed by atoms with E-state index in [0.717, 1.165) is 12.0 Å². The van der Waals surface area contributed by atoms with Gasteiger partial charge in [0.2, 0.25) is 5.91 Å². The number of fused-ring (bicyclic) bond motifs is 1. The van der Waals surface area contributed by atoms with Crippen molar-refractivity contribution in [2.24, 2.45) is 0 Å².